The van der Waals surface area contributed by atoms with Crippen LogP contribution in [-0.4, -0.2) is 12.6 Å². The Morgan fingerprint density at radius 1 is 1.26 bits per heavy atom. The summed E-state index contributed by atoms with van der Waals surface area (Å²) in [6, 6.07) is 3.63. The molecule has 0 aromatic heterocycles. The van der Waals surface area contributed by atoms with Crippen molar-refractivity contribution in [1.82, 2.24) is 0 Å². The molecule has 0 heterocycles. The van der Waals surface area contributed by atoms with E-state index in [0.29, 0.717) is 28.8 Å². The first-order valence-electron chi connectivity index (χ1n) is 6.55. The molecule has 4 heteroatoms. The summed E-state index contributed by atoms with van der Waals surface area (Å²) in [5.41, 5.74) is 7.06. The Bertz CT molecular complexity index is 425. The highest BCUT2D eigenvalue weighted by Gasteiger charge is 2.15. The van der Waals surface area contributed by atoms with E-state index in [2.05, 4.69) is 20.8 Å². The Morgan fingerprint density at radius 2 is 1.89 bits per heavy atom. The van der Waals surface area contributed by atoms with Gasteiger partial charge in [0.25, 0.3) is 0 Å². The molecule has 2 N–H and O–H groups in total. The lowest BCUT2D eigenvalue weighted by atomic mass is 9.93. The minimum Gasteiger partial charge on any atom is -0.492 e. The predicted molar refractivity (Wildman–Crippen MR) is 83.4 cm³/mol. The molecule has 1 atom stereocenters. The van der Waals surface area contributed by atoms with Gasteiger partial charge in [-0.05, 0) is 42.9 Å². The summed E-state index contributed by atoms with van der Waals surface area (Å²) < 4.78 is 5.85. The van der Waals surface area contributed by atoms with Crippen molar-refractivity contribution in [2.45, 2.75) is 46.6 Å². The van der Waals surface area contributed by atoms with Gasteiger partial charge in [-0.25, -0.2) is 0 Å². The molecule has 0 saturated heterocycles. The van der Waals surface area contributed by atoms with Crippen molar-refractivity contribution in [3.63, 3.8) is 0 Å². The number of benzene rings is 1. The smallest absolute Gasteiger partial charge is 0.141 e. The van der Waals surface area contributed by atoms with Gasteiger partial charge in [-0.15, -0.1) is 0 Å². The van der Waals surface area contributed by atoms with Crippen LogP contribution in [-0.2, 0) is 6.42 Å². The van der Waals surface area contributed by atoms with E-state index in [0.717, 1.165) is 12.0 Å². The quantitative estimate of drug-likeness (QED) is 0.856. The van der Waals surface area contributed by atoms with Crippen molar-refractivity contribution in [1.29, 1.82) is 0 Å². The molecular formula is C15H23Cl2NO. The van der Waals surface area contributed by atoms with Gasteiger partial charge < -0.3 is 10.5 Å². The van der Waals surface area contributed by atoms with Crippen LogP contribution in [0.25, 0.3) is 0 Å². The summed E-state index contributed by atoms with van der Waals surface area (Å²) in [7, 11) is 0. The largest absolute Gasteiger partial charge is 0.492 e. The number of nitrogens with two attached hydrogens (primary N) is 1. The van der Waals surface area contributed by atoms with Crippen molar-refractivity contribution in [2.24, 2.45) is 11.1 Å². The lowest BCUT2D eigenvalue weighted by Gasteiger charge is -2.20. The third-order valence-electron chi connectivity index (χ3n) is 2.73. The molecular weight excluding hydrogens is 281 g/mol. The van der Waals surface area contributed by atoms with Crippen LogP contribution in [0.1, 0.15) is 39.7 Å². The maximum Gasteiger partial charge on any atom is 0.141 e. The third kappa shape index (κ3) is 6.03. The summed E-state index contributed by atoms with van der Waals surface area (Å²) in [5, 5.41) is 1.17. The van der Waals surface area contributed by atoms with E-state index in [1.54, 1.807) is 6.07 Å². The van der Waals surface area contributed by atoms with Gasteiger partial charge >= 0.3 is 0 Å². The maximum absolute atomic E-state index is 6.22. The SMILES string of the molecule is CC(N)Cc1cc(Cl)cc(Cl)c1OCCC(C)(C)C. The molecule has 0 spiro atoms. The van der Waals surface area contributed by atoms with E-state index >= 15 is 0 Å². The first-order valence-corrected chi connectivity index (χ1v) is 7.31. The molecule has 0 amide bonds. The molecule has 0 saturated carbocycles. The molecule has 2 nitrogen and oxygen atoms in total. The fourth-order valence-electron chi connectivity index (χ4n) is 1.73. The number of hydrogen-bond acceptors (Lipinski definition) is 2. The van der Waals surface area contributed by atoms with Gasteiger partial charge in [0, 0.05) is 11.1 Å². The first kappa shape index (κ1) is 16.6. The van der Waals surface area contributed by atoms with E-state index in [9.17, 15) is 0 Å². The molecule has 1 rings (SSSR count). The fraction of sp³-hybridized carbons (Fsp3) is 0.600. The third-order valence-corrected chi connectivity index (χ3v) is 3.22. The number of hydrogen-bond donors (Lipinski definition) is 1. The molecule has 0 fully saturated rings. The number of rotatable bonds is 5. The normalized spacial score (nSPS) is 13.4. The van der Waals surface area contributed by atoms with E-state index in [-0.39, 0.29) is 11.5 Å². The lowest BCUT2D eigenvalue weighted by molar-refractivity contribution is 0.241. The van der Waals surface area contributed by atoms with Crippen LogP contribution in [0.5, 0.6) is 5.75 Å². The monoisotopic (exact) mass is 303 g/mol. The van der Waals surface area contributed by atoms with Gasteiger partial charge in [-0.3, -0.25) is 0 Å². The van der Waals surface area contributed by atoms with Crippen LogP contribution < -0.4 is 10.5 Å². The molecule has 0 bridgehead atoms. The Balaban J connectivity index is 2.85. The highest BCUT2D eigenvalue weighted by molar-refractivity contribution is 6.35. The highest BCUT2D eigenvalue weighted by Crippen LogP contribution is 2.33. The van der Waals surface area contributed by atoms with Gasteiger partial charge in [0.2, 0.25) is 0 Å². The summed E-state index contributed by atoms with van der Waals surface area (Å²) in [6.45, 7) is 9.14. The van der Waals surface area contributed by atoms with Crippen molar-refractivity contribution in [3.8, 4) is 5.75 Å². The van der Waals surface area contributed by atoms with Crippen molar-refractivity contribution < 1.29 is 4.74 Å². The zero-order valence-electron chi connectivity index (χ0n) is 12.1. The molecule has 1 aromatic rings. The first-order chi connectivity index (χ1) is 8.69. The van der Waals surface area contributed by atoms with Crippen LogP contribution in [0.3, 0.4) is 0 Å². The minimum atomic E-state index is 0.0412. The fourth-order valence-corrected chi connectivity index (χ4v) is 2.32. The van der Waals surface area contributed by atoms with Gasteiger partial charge in [0.1, 0.15) is 5.75 Å². The molecule has 0 radical (unpaired) electrons. The lowest BCUT2D eigenvalue weighted by Crippen LogP contribution is -2.19. The Labute approximate surface area is 126 Å². The molecule has 0 aliphatic heterocycles. The predicted octanol–water partition coefficient (Wildman–Crippen LogP) is 4.70. The van der Waals surface area contributed by atoms with Gasteiger partial charge in [-0.1, -0.05) is 44.0 Å². The maximum atomic E-state index is 6.22. The van der Waals surface area contributed by atoms with Crippen LogP contribution in [0.4, 0.5) is 0 Å². The van der Waals surface area contributed by atoms with Crippen molar-refractivity contribution in [2.75, 3.05) is 6.61 Å². The van der Waals surface area contributed by atoms with E-state index < -0.39 is 0 Å². The molecule has 1 aromatic carbocycles. The Kier molecular flexibility index (Phi) is 5.97. The van der Waals surface area contributed by atoms with E-state index in [4.69, 9.17) is 33.7 Å². The van der Waals surface area contributed by atoms with Crippen LogP contribution in [0.15, 0.2) is 12.1 Å². The number of halogens is 2. The average molecular weight is 304 g/mol. The Hall–Kier alpha value is -0.440. The van der Waals surface area contributed by atoms with Gasteiger partial charge in [0.05, 0.1) is 11.6 Å². The molecule has 19 heavy (non-hydrogen) atoms. The topological polar surface area (TPSA) is 35.2 Å². The second kappa shape index (κ2) is 6.83. The van der Waals surface area contributed by atoms with Crippen LogP contribution in [0.2, 0.25) is 10.0 Å². The van der Waals surface area contributed by atoms with Crippen molar-refractivity contribution in [3.05, 3.63) is 27.7 Å². The van der Waals surface area contributed by atoms with Gasteiger partial charge in [0.15, 0.2) is 0 Å². The second-order valence-electron chi connectivity index (χ2n) is 6.22. The zero-order chi connectivity index (χ0) is 14.6. The zero-order valence-corrected chi connectivity index (χ0v) is 13.6. The van der Waals surface area contributed by atoms with Crippen LogP contribution in [0, 0.1) is 5.41 Å². The standard InChI is InChI=1S/C15H23Cl2NO/c1-10(18)7-11-8-12(16)9-13(17)14(11)19-6-5-15(2,3)4/h8-10H,5-7,18H2,1-4H3. The summed E-state index contributed by atoms with van der Waals surface area (Å²) in [6.07, 6.45) is 1.66. The summed E-state index contributed by atoms with van der Waals surface area (Å²) in [5.74, 6) is 0.715. The summed E-state index contributed by atoms with van der Waals surface area (Å²) in [4.78, 5) is 0. The number of ether oxygens (including phenoxy) is 1. The van der Waals surface area contributed by atoms with Gasteiger partial charge in [-0.2, -0.15) is 0 Å². The summed E-state index contributed by atoms with van der Waals surface area (Å²) >= 11 is 12.2. The van der Waals surface area contributed by atoms with E-state index in [1.807, 2.05) is 13.0 Å². The van der Waals surface area contributed by atoms with Crippen molar-refractivity contribution >= 4 is 23.2 Å². The molecule has 1 unspecified atom stereocenters. The minimum absolute atomic E-state index is 0.0412. The van der Waals surface area contributed by atoms with E-state index in [1.165, 1.54) is 0 Å². The Morgan fingerprint density at radius 3 is 2.42 bits per heavy atom. The highest BCUT2D eigenvalue weighted by atomic mass is 35.5. The molecule has 0 aliphatic carbocycles. The second-order valence-corrected chi connectivity index (χ2v) is 7.06. The van der Waals surface area contributed by atoms with Crippen LogP contribution >= 0.6 is 23.2 Å². The molecule has 108 valence electrons. The molecule has 0 aliphatic rings. The average Bonchev–Trinajstić information content (AvgIpc) is 2.19.